The molecule has 17 atom stereocenters. The minimum Gasteiger partial charge on any atom is -0.462 e. The van der Waals surface area contributed by atoms with E-state index in [1.54, 1.807) is 59.7 Å². The Bertz CT molecular complexity index is 1470. The van der Waals surface area contributed by atoms with E-state index in [-0.39, 0.29) is 49.6 Å². The fraction of sp³-hybridized carbons (Fsp3) is 0.833. The molecule has 0 aliphatic carbocycles. The normalized spacial score (nSPS) is 41.2. The lowest BCUT2D eigenvalue weighted by atomic mass is 9.83. The molecule has 336 valence electrons. The maximum atomic E-state index is 13.4. The summed E-state index contributed by atoms with van der Waals surface area (Å²) in [5.74, 6) is -3.35. The molecular formula is C42H67NO16. The largest absolute Gasteiger partial charge is 0.462 e. The molecule has 0 saturated carbocycles. The van der Waals surface area contributed by atoms with E-state index < -0.39 is 115 Å². The molecule has 0 bridgehead atoms. The number of cyclic esters (lactones) is 1. The molecule has 59 heavy (non-hydrogen) atoms. The first kappa shape index (κ1) is 48.8. The van der Waals surface area contributed by atoms with Crippen molar-refractivity contribution in [1.29, 1.82) is 0 Å². The maximum absolute atomic E-state index is 13.4. The van der Waals surface area contributed by atoms with Gasteiger partial charge in [0.15, 0.2) is 24.5 Å². The van der Waals surface area contributed by atoms with Crippen LogP contribution in [0.25, 0.3) is 0 Å². The lowest BCUT2D eigenvalue weighted by Crippen LogP contribution is -2.66. The second-order valence-electron chi connectivity index (χ2n) is 17.5. The number of likely N-dealkylation sites (N-methyl/N-ethyl adjacent to an activating group) is 1. The molecule has 0 aromatic carbocycles. The van der Waals surface area contributed by atoms with Crippen LogP contribution in [0.5, 0.6) is 0 Å². The number of aldehydes is 1. The van der Waals surface area contributed by atoms with Gasteiger partial charge in [-0.2, -0.15) is 0 Å². The van der Waals surface area contributed by atoms with Crippen LogP contribution < -0.4 is 0 Å². The standard InChI is InChI=1S/C42H67NO16/c1-21(2)16-32(47)57-40-25(6)53-34(20-42(40,8)50)58-37-24(5)54-41(36(49)35(37)43(9)10)59-38-27(14-15-44)17-22(3)28(46)12-13-29-30(56-29)18-23(4)52-33(48)19-31(39(38)51-11)55-26(7)45/h12-13,15,21-25,27,29-31,34-41,49-50H,14,16-20H2,1-11H3/t22-,23-,24-,25+,27+,29+,30+,31-,34+,35-,36-,37-,38+,39?,40+,41+,42-/m1/s1. The smallest absolute Gasteiger partial charge is 0.309 e. The Balaban J connectivity index is 1.64. The number of esters is 3. The van der Waals surface area contributed by atoms with E-state index >= 15 is 0 Å². The third-order valence-electron chi connectivity index (χ3n) is 11.4. The predicted octanol–water partition coefficient (Wildman–Crippen LogP) is 2.43. The van der Waals surface area contributed by atoms with Gasteiger partial charge >= 0.3 is 17.9 Å². The van der Waals surface area contributed by atoms with Crippen molar-refractivity contribution in [2.24, 2.45) is 17.8 Å². The number of ketones is 1. The molecule has 4 rings (SSSR count). The first-order chi connectivity index (χ1) is 27.6. The van der Waals surface area contributed by atoms with Gasteiger partial charge < -0.3 is 62.5 Å². The SMILES string of the molecule is COC1[C@@H](O[C@@H]2O[C@H](C)[C@@H](O[C@H]3C[C@@](C)(O)[C@@H](OC(=O)CC(C)C)[C@H](C)O3)[C@H](N(C)C)[C@H]2O)[C@@H](CC=O)C[C@@H](C)C(=O)C=C[C@@H]2O[C@H]2C[C@@H](C)OC(=O)C[C@H]1OC(C)=O. The summed E-state index contributed by atoms with van der Waals surface area (Å²) in [5.41, 5.74) is -1.51. The molecule has 17 nitrogen and oxygen atoms in total. The van der Waals surface area contributed by atoms with Gasteiger partial charge in [0.05, 0.1) is 36.9 Å². The predicted molar refractivity (Wildman–Crippen MR) is 208 cm³/mol. The van der Waals surface area contributed by atoms with Crippen LogP contribution in [0.4, 0.5) is 0 Å². The van der Waals surface area contributed by atoms with E-state index in [0.717, 1.165) is 0 Å². The summed E-state index contributed by atoms with van der Waals surface area (Å²) < 4.78 is 54.2. The number of allylic oxidation sites excluding steroid dienone is 1. The van der Waals surface area contributed by atoms with E-state index in [1.165, 1.54) is 20.1 Å². The number of rotatable bonds is 12. The number of nitrogens with zero attached hydrogens (tertiary/aromatic N) is 1. The van der Waals surface area contributed by atoms with Crippen molar-refractivity contribution in [3.05, 3.63) is 12.2 Å². The lowest BCUT2D eigenvalue weighted by molar-refractivity contribution is -0.344. The highest BCUT2D eigenvalue weighted by atomic mass is 16.7. The van der Waals surface area contributed by atoms with Crippen LogP contribution in [0, 0.1) is 17.8 Å². The number of epoxide rings is 1. The Hall–Kier alpha value is -2.87. The molecule has 3 saturated heterocycles. The van der Waals surface area contributed by atoms with Crippen LogP contribution >= 0.6 is 0 Å². The molecule has 0 aromatic rings. The van der Waals surface area contributed by atoms with Crippen LogP contribution in [0.1, 0.15) is 93.9 Å². The molecule has 4 aliphatic heterocycles. The van der Waals surface area contributed by atoms with E-state index in [9.17, 15) is 34.2 Å². The highest BCUT2D eigenvalue weighted by Gasteiger charge is 2.53. The fourth-order valence-electron chi connectivity index (χ4n) is 8.51. The number of aliphatic hydroxyl groups is 2. The van der Waals surface area contributed by atoms with Crippen LogP contribution in [0.3, 0.4) is 0 Å². The molecule has 4 heterocycles. The second kappa shape index (κ2) is 21.3. The van der Waals surface area contributed by atoms with Crippen molar-refractivity contribution in [1.82, 2.24) is 4.90 Å². The molecule has 2 N–H and O–H groups in total. The summed E-state index contributed by atoms with van der Waals surface area (Å²) in [4.78, 5) is 65.8. The molecule has 0 aromatic heterocycles. The Morgan fingerprint density at radius 3 is 2.29 bits per heavy atom. The van der Waals surface area contributed by atoms with Gasteiger partial charge in [-0.1, -0.05) is 20.8 Å². The third kappa shape index (κ3) is 13.3. The van der Waals surface area contributed by atoms with Crippen LogP contribution in [-0.4, -0.2) is 158 Å². The average molecular weight is 842 g/mol. The molecule has 17 heteroatoms. The number of hydrogen-bond acceptors (Lipinski definition) is 17. The average Bonchev–Trinajstić information content (AvgIpc) is 3.85. The highest BCUT2D eigenvalue weighted by Crippen LogP contribution is 2.38. The van der Waals surface area contributed by atoms with Gasteiger partial charge in [0, 0.05) is 45.6 Å². The first-order valence-corrected chi connectivity index (χ1v) is 20.7. The first-order valence-electron chi connectivity index (χ1n) is 20.7. The monoisotopic (exact) mass is 841 g/mol. The van der Waals surface area contributed by atoms with Gasteiger partial charge in [0.1, 0.15) is 48.5 Å². The molecule has 0 amide bonds. The molecule has 0 radical (unpaired) electrons. The van der Waals surface area contributed by atoms with Crippen molar-refractivity contribution in [3.8, 4) is 0 Å². The minimum absolute atomic E-state index is 0.0551. The van der Waals surface area contributed by atoms with Crippen molar-refractivity contribution in [3.63, 3.8) is 0 Å². The Labute approximate surface area is 347 Å². The van der Waals surface area contributed by atoms with Crippen molar-refractivity contribution < 1.29 is 76.8 Å². The van der Waals surface area contributed by atoms with Gasteiger partial charge in [0.25, 0.3) is 0 Å². The zero-order valence-corrected chi connectivity index (χ0v) is 36.3. The van der Waals surface area contributed by atoms with Crippen LogP contribution in [0.15, 0.2) is 12.2 Å². The van der Waals surface area contributed by atoms with E-state index in [4.69, 9.17) is 42.6 Å². The van der Waals surface area contributed by atoms with Gasteiger partial charge in [-0.3, -0.25) is 19.2 Å². The summed E-state index contributed by atoms with van der Waals surface area (Å²) in [6.45, 7) is 13.4. The van der Waals surface area contributed by atoms with E-state index in [0.29, 0.717) is 12.7 Å². The quantitative estimate of drug-likeness (QED) is 0.125. The summed E-state index contributed by atoms with van der Waals surface area (Å²) in [6, 6.07) is -0.800. The Morgan fingerprint density at radius 1 is 1.00 bits per heavy atom. The third-order valence-corrected chi connectivity index (χ3v) is 11.4. The topological polar surface area (TPSA) is 215 Å². The number of carbonyl (C=O) groups excluding carboxylic acids is 5. The molecule has 0 spiro atoms. The summed E-state index contributed by atoms with van der Waals surface area (Å²) in [7, 11) is 4.82. The summed E-state index contributed by atoms with van der Waals surface area (Å²) >= 11 is 0. The molecule has 1 unspecified atom stereocenters. The van der Waals surface area contributed by atoms with Crippen LogP contribution in [0.2, 0.25) is 0 Å². The van der Waals surface area contributed by atoms with Crippen molar-refractivity contribution >= 4 is 30.0 Å². The molecule has 4 aliphatic rings. The summed E-state index contributed by atoms with van der Waals surface area (Å²) in [5, 5.41) is 23.5. The van der Waals surface area contributed by atoms with Crippen molar-refractivity contribution in [2.75, 3.05) is 21.2 Å². The fourth-order valence-corrected chi connectivity index (χ4v) is 8.51. The number of carbonyl (C=O) groups is 5. The zero-order valence-electron chi connectivity index (χ0n) is 36.3. The molecule has 3 fully saturated rings. The van der Waals surface area contributed by atoms with E-state index in [2.05, 4.69) is 0 Å². The minimum atomic E-state index is -1.51. The van der Waals surface area contributed by atoms with Crippen molar-refractivity contribution in [2.45, 2.75) is 185 Å². The highest BCUT2D eigenvalue weighted by molar-refractivity contribution is 5.91. The lowest BCUT2D eigenvalue weighted by Gasteiger charge is -2.50. The Kier molecular flexibility index (Phi) is 17.6. The number of hydrogen-bond donors (Lipinski definition) is 2. The van der Waals surface area contributed by atoms with Gasteiger partial charge in [0.2, 0.25) is 0 Å². The van der Waals surface area contributed by atoms with Crippen LogP contribution in [-0.2, 0) is 66.6 Å². The number of methoxy groups -OCH3 is 1. The number of aliphatic hydroxyl groups excluding tert-OH is 1. The number of ether oxygens (including phenoxy) is 9. The molecular weight excluding hydrogens is 774 g/mol. The van der Waals surface area contributed by atoms with Gasteiger partial charge in [-0.15, -0.1) is 0 Å². The van der Waals surface area contributed by atoms with E-state index in [1.807, 2.05) is 13.8 Å². The second-order valence-corrected chi connectivity index (χ2v) is 17.5. The zero-order chi connectivity index (χ0) is 43.9. The maximum Gasteiger partial charge on any atom is 0.309 e. The van der Waals surface area contributed by atoms with Gasteiger partial charge in [-0.25, -0.2) is 0 Å². The summed E-state index contributed by atoms with van der Waals surface area (Å²) in [6.07, 6.45) is -7.99. The van der Waals surface area contributed by atoms with Gasteiger partial charge in [-0.05, 0) is 72.2 Å². The Morgan fingerprint density at radius 2 is 1.69 bits per heavy atom. The number of fused-ring (bicyclic) bond motifs is 1.